The standard InChI is InChI=1S/C13H20FNO4S/c1-10-8-11(14)4-5-12(10)20(17,18)15-9-13(2,16)6-7-19-3/h4-5,8,15-16H,6-7,9H2,1-3H3. The highest BCUT2D eigenvalue weighted by Gasteiger charge is 2.24. The topological polar surface area (TPSA) is 75.6 Å². The van der Waals surface area contributed by atoms with Crippen molar-refractivity contribution in [2.75, 3.05) is 20.3 Å². The first-order chi connectivity index (χ1) is 9.18. The van der Waals surface area contributed by atoms with Crippen molar-refractivity contribution in [2.45, 2.75) is 30.8 Å². The summed E-state index contributed by atoms with van der Waals surface area (Å²) >= 11 is 0. The predicted octanol–water partition coefficient (Wildman–Crippen LogP) is 1.20. The molecule has 1 aromatic rings. The highest BCUT2D eigenvalue weighted by Crippen LogP contribution is 2.17. The molecule has 5 nitrogen and oxygen atoms in total. The summed E-state index contributed by atoms with van der Waals surface area (Å²) in [5.41, 5.74) is -0.897. The van der Waals surface area contributed by atoms with E-state index >= 15 is 0 Å². The first-order valence-corrected chi connectivity index (χ1v) is 7.63. The molecule has 1 aromatic carbocycles. The smallest absolute Gasteiger partial charge is 0.240 e. The van der Waals surface area contributed by atoms with Crippen LogP contribution in [0.5, 0.6) is 0 Å². The molecule has 2 N–H and O–H groups in total. The van der Waals surface area contributed by atoms with Crippen molar-refractivity contribution in [3.63, 3.8) is 0 Å². The second-order valence-corrected chi connectivity index (χ2v) is 6.71. The number of sulfonamides is 1. The Labute approximate surface area is 118 Å². The van der Waals surface area contributed by atoms with Crippen LogP contribution in [0.25, 0.3) is 0 Å². The largest absolute Gasteiger partial charge is 0.389 e. The molecule has 114 valence electrons. The third kappa shape index (κ3) is 4.82. The number of aliphatic hydroxyl groups is 1. The normalized spacial score (nSPS) is 15.1. The molecule has 1 unspecified atom stereocenters. The van der Waals surface area contributed by atoms with Gasteiger partial charge in [0.15, 0.2) is 0 Å². The second kappa shape index (κ2) is 6.62. The van der Waals surface area contributed by atoms with Crippen LogP contribution in [0.15, 0.2) is 23.1 Å². The number of aryl methyl sites for hydroxylation is 1. The van der Waals surface area contributed by atoms with Crippen molar-refractivity contribution in [1.29, 1.82) is 0 Å². The van der Waals surface area contributed by atoms with Crippen molar-refractivity contribution in [3.05, 3.63) is 29.6 Å². The maximum Gasteiger partial charge on any atom is 0.240 e. The average molecular weight is 305 g/mol. The minimum absolute atomic E-state index is 0.00133. The van der Waals surface area contributed by atoms with E-state index in [0.29, 0.717) is 18.6 Å². The van der Waals surface area contributed by atoms with Gasteiger partial charge < -0.3 is 9.84 Å². The van der Waals surface area contributed by atoms with Crippen LogP contribution in [0.4, 0.5) is 4.39 Å². The zero-order chi connectivity index (χ0) is 15.4. The van der Waals surface area contributed by atoms with E-state index in [0.717, 1.165) is 12.1 Å². The molecule has 0 aliphatic heterocycles. The molecule has 20 heavy (non-hydrogen) atoms. The van der Waals surface area contributed by atoms with Gasteiger partial charge in [0.2, 0.25) is 10.0 Å². The first kappa shape index (κ1) is 17.0. The van der Waals surface area contributed by atoms with E-state index in [-0.39, 0.29) is 11.4 Å². The molecular formula is C13H20FNO4S. The van der Waals surface area contributed by atoms with Crippen molar-refractivity contribution in [1.82, 2.24) is 4.72 Å². The molecule has 7 heteroatoms. The van der Waals surface area contributed by atoms with E-state index in [4.69, 9.17) is 4.74 Å². The van der Waals surface area contributed by atoms with E-state index in [2.05, 4.69) is 4.72 Å². The Morgan fingerprint density at radius 3 is 2.65 bits per heavy atom. The van der Waals surface area contributed by atoms with Crippen LogP contribution in [0.3, 0.4) is 0 Å². The number of hydrogen-bond acceptors (Lipinski definition) is 4. The third-order valence-electron chi connectivity index (χ3n) is 2.91. The van der Waals surface area contributed by atoms with Crippen molar-refractivity contribution >= 4 is 10.0 Å². The number of nitrogens with one attached hydrogen (secondary N) is 1. The lowest BCUT2D eigenvalue weighted by Crippen LogP contribution is -2.41. The fourth-order valence-corrected chi connectivity index (χ4v) is 3.04. The van der Waals surface area contributed by atoms with Crippen LogP contribution in [-0.2, 0) is 14.8 Å². The Morgan fingerprint density at radius 2 is 2.10 bits per heavy atom. The molecule has 0 radical (unpaired) electrons. The lowest BCUT2D eigenvalue weighted by Gasteiger charge is -2.23. The number of methoxy groups -OCH3 is 1. The highest BCUT2D eigenvalue weighted by atomic mass is 32.2. The van der Waals surface area contributed by atoms with Gasteiger partial charge in [0.05, 0.1) is 10.5 Å². The first-order valence-electron chi connectivity index (χ1n) is 6.15. The molecule has 1 atom stereocenters. The molecule has 0 heterocycles. The highest BCUT2D eigenvalue weighted by molar-refractivity contribution is 7.89. The quantitative estimate of drug-likeness (QED) is 0.794. The summed E-state index contributed by atoms with van der Waals surface area (Å²) < 4.78 is 44.4. The number of ether oxygens (including phenoxy) is 1. The van der Waals surface area contributed by atoms with Gasteiger partial charge in [-0.3, -0.25) is 0 Å². The van der Waals surface area contributed by atoms with E-state index in [1.807, 2.05) is 0 Å². The number of hydrogen-bond donors (Lipinski definition) is 2. The summed E-state index contributed by atoms with van der Waals surface area (Å²) in [6.07, 6.45) is 0.300. The molecule has 0 bridgehead atoms. The molecule has 0 fully saturated rings. The summed E-state index contributed by atoms with van der Waals surface area (Å²) in [7, 11) is -2.28. The molecule has 0 spiro atoms. The number of benzene rings is 1. The summed E-state index contributed by atoms with van der Waals surface area (Å²) in [6, 6.07) is 3.44. The Balaban J connectivity index is 2.80. The predicted molar refractivity (Wildman–Crippen MR) is 73.4 cm³/mol. The van der Waals surface area contributed by atoms with Crippen molar-refractivity contribution in [3.8, 4) is 0 Å². The van der Waals surface area contributed by atoms with Crippen LogP contribution in [0.1, 0.15) is 18.9 Å². The summed E-state index contributed by atoms with van der Waals surface area (Å²) in [5, 5.41) is 10.0. The van der Waals surface area contributed by atoms with Gasteiger partial charge in [0.25, 0.3) is 0 Å². The molecule has 0 saturated heterocycles. The fraction of sp³-hybridized carbons (Fsp3) is 0.538. The van der Waals surface area contributed by atoms with E-state index in [9.17, 15) is 17.9 Å². The summed E-state index contributed by atoms with van der Waals surface area (Å²) in [4.78, 5) is 0.00133. The van der Waals surface area contributed by atoms with E-state index in [1.165, 1.54) is 27.0 Å². The van der Waals surface area contributed by atoms with Crippen LogP contribution in [0.2, 0.25) is 0 Å². The maximum atomic E-state index is 13.0. The number of rotatable bonds is 7. The Bertz CT molecular complexity index is 557. The van der Waals surface area contributed by atoms with Gasteiger partial charge in [-0.2, -0.15) is 0 Å². The van der Waals surface area contributed by atoms with Gasteiger partial charge in [-0.05, 0) is 37.6 Å². The average Bonchev–Trinajstić information content (AvgIpc) is 2.34. The van der Waals surface area contributed by atoms with Gasteiger partial charge in [-0.1, -0.05) is 0 Å². The molecule has 0 amide bonds. The second-order valence-electron chi connectivity index (χ2n) is 4.97. The zero-order valence-electron chi connectivity index (χ0n) is 11.8. The maximum absolute atomic E-state index is 13.0. The van der Waals surface area contributed by atoms with Gasteiger partial charge in [0, 0.05) is 26.7 Å². The SMILES string of the molecule is COCCC(C)(O)CNS(=O)(=O)c1ccc(F)cc1C. The third-order valence-corrected chi connectivity index (χ3v) is 4.48. The Hall–Kier alpha value is -1.02. The molecule has 0 aromatic heterocycles. The molecular weight excluding hydrogens is 285 g/mol. The van der Waals surface area contributed by atoms with E-state index in [1.54, 1.807) is 0 Å². The molecule has 0 saturated carbocycles. The number of halogens is 1. The molecule has 0 aliphatic rings. The van der Waals surface area contributed by atoms with Gasteiger partial charge >= 0.3 is 0 Å². The van der Waals surface area contributed by atoms with Crippen molar-refractivity contribution < 1.29 is 22.7 Å². The zero-order valence-corrected chi connectivity index (χ0v) is 12.6. The Morgan fingerprint density at radius 1 is 1.45 bits per heavy atom. The summed E-state index contributed by atoms with van der Waals surface area (Å²) in [6.45, 7) is 3.21. The monoisotopic (exact) mass is 305 g/mol. The lowest BCUT2D eigenvalue weighted by molar-refractivity contribution is 0.0292. The van der Waals surface area contributed by atoms with Crippen LogP contribution in [-0.4, -0.2) is 39.4 Å². The minimum Gasteiger partial charge on any atom is -0.389 e. The Kier molecular flexibility index (Phi) is 5.64. The summed E-state index contributed by atoms with van der Waals surface area (Å²) in [5.74, 6) is -0.492. The lowest BCUT2D eigenvalue weighted by atomic mass is 10.0. The molecule has 0 aliphatic carbocycles. The fourth-order valence-electron chi connectivity index (χ4n) is 1.65. The molecule has 1 rings (SSSR count). The van der Waals surface area contributed by atoms with Gasteiger partial charge in [0.1, 0.15) is 5.82 Å². The van der Waals surface area contributed by atoms with E-state index < -0.39 is 21.4 Å². The van der Waals surface area contributed by atoms with Gasteiger partial charge in [-0.25, -0.2) is 17.5 Å². The van der Waals surface area contributed by atoms with Crippen LogP contribution in [0, 0.1) is 12.7 Å². The van der Waals surface area contributed by atoms with Gasteiger partial charge in [-0.15, -0.1) is 0 Å². The van der Waals surface area contributed by atoms with Crippen LogP contribution >= 0.6 is 0 Å². The van der Waals surface area contributed by atoms with Crippen molar-refractivity contribution in [2.24, 2.45) is 0 Å². The van der Waals surface area contributed by atoms with Crippen LogP contribution < -0.4 is 4.72 Å². The minimum atomic E-state index is -3.78.